The first-order chi connectivity index (χ1) is 17.4. The molecule has 3 aromatic carbocycles. The predicted molar refractivity (Wildman–Crippen MR) is 151 cm³/mol. The van der Waals surface area contributed by atoms with Gasteiger partial charge >= 0.3 is 0 Å². The Labute approximate surface area is 225 Å². The van der Waals surface area contributed by atoms with Gasteiger partial charge in [0.05, 0.1) is 29.0 Å². The molecule has 0 radical (unpaired) electrons. The lowest BCUT2D eigenvalue weighted by atomic mass is 9.95. The van der Waals surface area contributed by atoms with Gasteiger partial charge in [0.2, 0.25) is 0 Å². The van der Waals surface area contributed by atoms with Crippen LogP contribution in [0.5, 0.6) is 5.75 Å². The zero-order valence-electron chi connectivity index (χ0n) is 19.6. The average Bonchev–Trinajstić information content (AvgIpc) is 3.18. The largest absolute Gasteiger partial charge is 0.497 e. The molecular formula is C28H22IN3O3S. The Balaban J connectivity index is 1.69. The zero-order chi connectivity index (χ0) is 25.2. The first kappa shape index (κ1) is 24.2. The van der Waals surface area contributed by atoms with Crippen LogP contribution in [0, 0.1) is 3.57 Å². The van der Waals surface area contributed by atoms with Gasteiger partial charge in [-0.15, -0.1) is 0 Å². The molecule has 4 aromatic rings. The van der Waals surface area contributed by atoms with Gasteiger partial charge in [0.15, 0.2) is 4.80 Å². The molecule has 1 aliphatic heterocycles. The standard InChI is InChI=1S/C28H22IN3O3S/c1-17-24(26(33)31-21-11-4-3-5-12-21)25(19-9-7-13-22(16-19)35-2)32-27(34)23(36-28(32)30-17)15-18-8-6-10-20(29)14-18/h3-16,25H,1-2H3,(H,31,33)/b23-15+/t25-/m1/s1. The number of amides is 1. The van der Waals surface area contributed by atoms with Gasteiger partial charge < -0.3 is 10.1 Å². The fourth-order valence-corrected chi connectivity index (χ4v) is 5.82. The molecule has 180 valence electrons. The third kappa shape index (κ3) is 4.78. The van der Waals surface area contributed by atoms with E-state index in [1.807, 2.05) is 91.9 Å². The lowest BCUT2D eigenvalue weighted by Gasteiger charge is -2.25. The molecule has 0 aliphatic carbocycles. The first-order valence-electron chi connectivity index (χ1n) is 11.2. The van der Waals surface area contributed by atoms with E-state index in [1.54, 1.807) is 11.7 Å². The summed E-state index contributed by atoms with van der Waals surface area (Å²) in [6.45, 7) is 1.81. The minimum absolute atomic E-state index is 0.192. The number of methoxy groups -OCH3 is 1. The lowest BCUT2D eigenvalue weighted by molar-refractivity contribution is -0.113. The summed E-state index contributed by atoms with van der Waals surface area (Å²) in [6, 6.07) is 24.0. The normalized spacial score (nSPS) is 15.3. The number of benzene rings is 3. The minimum atomic E-state index is -0.655. The van der Waals surface area contributed by atoms with Crippen molar-refractivity contribution in [1.29, 1.82) is 0 Å². The molecule has 6 nitrogen and oxygen atoms in total. The molecular weight excluding hydrogens is 585 g/mol. The SMILES string of the molecule is COc1cccc([C@@H]2C(C(=O)Nc3ccccc3)=C(C)N=c3s/c(=C/c4cccc(I)c4)c(=O)n32)c1. The summed E-state index contributed by atoms with van der Waals surface area (Å²) in [5.41, 5.74) is 3.16. The van der Waals surface area contributed by atoms with Gasteiger partial charge in [0.1, 0.15) is 5.75 Å². The molecule has 0 spiro atoms. The second kappa shape index (κ2) is 10.2. The van der Waals surface area contributed by atoms with Crippen molar-refractivity contribution >= 4 is 51.6 Å². The Bertz CT molecular complexity index is 1670. The van der Waals surface area contributed by atoms with Gasteiger partial charge in [0, 0.05) is 9.26 Å². The number of anilines is 1. The van der Waals surface area contributed by atoms with E-state index in [0.29, 0.717) is 32.0 Å². The monoisotopic (exact) mass is 607 g/mol. The van der Waals surface area contributed by atoms with E-state index < -0.39 is 6.04 Å². The van der Waals surface area contributed by atoms with Gasteiger partial charge in [0.25, 0.3) is 11.5 Å². The molecule has 1 atom stereocenters. The molecule has 1 aromatic heterocycles. The number of fused-ring (bicyclic) bond motifs is 1. The molecule has 5 rings (SSSR count). The van der Waals surface area contributed by atoms with Crippen LogP contribution in [-0.4, -0.2) is 17.6 Å². The Morgan fingerprint density at radius 1 is 1.08 bits per heavy atom. The second-order valence-electron chi connectivity index (χ2n) is 8.23. The summed E-state index contributed by atoms with van der Waals surface area (Å²) in [5, 5.41) is 2.96. The van der Waals surface area contributed by atoms with Crippen molar-refractivity contribution in [1.82, 2.24) is 4.57 Å². The maximum atomic E-state index is 13.8. The highest BCUT2D eigenvalue weighted by Crippen LogP contribution is 2.32. The summed E-state index contributed by atoms with van der Waals surface area (Å²) in [7, 11) is 1.59. The Morgan fingerprint density at radius 3 is 2.61 bits per heavy atom. The van der Waals surface area contributed by atoms with Crippen LogP contribution >= 0.6 is 33.9 Å². The summed E-state index contributed by atoms with van der Waals surface area (Å²) in [5.74, 6) is 0.341. The average molecular weight is 607 g/mol. The van der Waals surface area contributed by atoms with Crippen molar-refractivity contribution in [3.63, 3.8) is 0 Å². The Kier molecular flexibility index (Phi) is 6.88. The smallest absolute Gasteiger partial charge is 0.271 e. The van der Waals surface area contributed by atoms with Crippen LogP contribution < -0.4 is 24.9 Å². The molecule has 0 saturated heterocycles. The van der Waals surface area contributed by atoms with E-state index in [0.717, 1.165) is 14.7 Å². The molecule has 1 N–H and O–H groups in total. The number of thiazole rings is 1. The zero-order valence-corrected chi connectivity index (χ0v) is 22.5. The number of hydrogen-bond donors (Lipinski definition) is 1. The summed E-state index contributed by atoms with van der Waals surface area (Å²) < 4.78 is 8.70. The van der Waals surface area contributed by atoms with Crippen molar-refractivity contribution in [2.45, 2.75) is 13.0 Å². The summed E-state index contributed by atoms with van der Waals surface area (Å²) in [4.78, 5) is 32.6. The number of para-hydroxylation sites is 1. The number of allylic oxidation sites excluding steroid dienone is 1. The number of aromatic nitrogens is 1. The maximum absolute atomic E-state index is 13.8. The van der Waals surface area contributed by atoms with Gasteiger partial charge in [-0.25, -0.2) is 4.99 Å². The fourth-order valence-electron chi connectivity index (χ4n) is 4.21. The first-order valence-corrected chi connectivity index (χ1v) is 13.1. The quantitative estimate of drug-likeness (QED) is 0.340. The molecule has 2 heterocycles. The van der Waals surface area contributed by atoms with Crippen LogP contribution in [0.2, 0.25) is 0 Å². The van der Waals surface area contributed by atoms with Crippen LogP contribution in [-0.2, 0) is 4.79 Å². The molecule has 0 unspecified atom stereocenters. The van der Waals surface area contributed by atoms with E-state index in [4.69, 9.17) is 9.73 Å². The number of carbonyl (C=O) groups excluding carboxylic acids is 1. The van der Waals surface area contributed by atoms with Crippen LogP contribution in [0.15, 0.2) is 99.9 Å². The number of halogens is 1. The third-order valence-electron chi connectivity index (χ3n) is 5.85. The summed E-state index contributed by atoms with van der Waals surface area (Å²) >= 11 is 3.57. The van der Waals surface area contributed by atoms with E-state index in [1.165, 1.54) is 11.3 Å². The van der Waals surface area contributed by atoms with Crippen molar-refractivity contribution in [2.75, 3.05) is 12.4 Å². The van der Waals surface area contributed by atoms with Crippen molar-refractivity contribution in [3.05, 3.63) is 125 Å². The summed E-state index contributed by atoms with van der Waals surface area (Å²) in [6.07, 6.45) is 1.87. The van der Waals surface area contributed by atoms with Gasteiger partial charge in [-0.05, 0) is 83.1 Å². The number of carbonyl (C=O) groups is 1. The molecule has 1 aliphatic rings. The highest BCUT2D eigenvalue weighted by Gasteiger charge is 2.32. The van der Waals surface area contributed by atoms with Crippen molar-refractivity contribution in [3.8, 4) is 5.75 Å². The molecule has 36 heavy (non-hydrogen) atoms. The number of rotatable bonds is 5. The number of nitrogens with zero attached hydrogens (tertiary/aromatic N) is 2. The van der Waals surface area contributed by atoms with Crippen LogP contribution in [0.25, 0.3) is 6.08 Å². The van der Waals surface area contributed by atoms with E-state index in [9.17, 15) is 9.59 Å². The third-order valence-corrected chi connectivity index (χ3v) is 7.51. The highest BCUT2D eigenvalue weighted by molar-refractivity contribution is 14.1. The molecule has 8 heteroatoms. The lowest BCUT2D eigenvalue weighted by Crippen LogP contribution is -2.40. The van der Waals surface area contributed by atoms with E-state index in [2.05, 4.69) is 27.9 Å². The second-order valence-corrected chi connectivity index (χ2v) is 10.5. The molecule has 0 fully saturated rings. The maximum Gasteiger partial charge on any atom is 0.271 e. The molecule has 0 saturated carbocycles. The van der Waals surface area contributed by atoms with Gasteiger partial charge in [-0.1, -0.05) is 53.8 Å². The van der Waals surface area contributed by atoms with Crippen LogP contribution in [0.4, 0.5) is 5.69 Å². The minimum Gasteiger partial charge on any atom is -0.497 e. The predicted octanol–water partition coefficient (Wildman–Crippen LogP) is 4.49. The topological polar surface area (TPSA) is 72.7 Å². The number of hydrogen-bond acceptors (Lipinski definition) is 5. The van der Waals surface area contributed by atoms with Gasteiger partial charge in [-0.3, -0.25) is 14.2 Å². The molecule has 0 bridgehead atoms. The number of nitrogens with one attached hydrogen (secondary N) is 1. The Hall–Kier alpha value is -3.50. The van der Waals surface area contributed by atoms with Gasteiger partial charge in [-0.2, -0.15) is 0 Å². The fraction of sp³-hybridized carbons (Fsp3) is 0.107. The number of ether oxygens (including phenoxy) is 1. The van der Waals surface area contributed by atoms with Crippen molar-refractivity contribution in [2.24, 2.45) is 4.99 Å². The highest BCUT2D eigenvalue weighted by atomic mass is 127. The van der Waals surface area contributed by atoms with Crippen LogP contribution in [0.1, 0.15) is 24.1 Å². The Morgan fingerprint density at radius 2 is 1.86 bits per heavy atom. The van der Waals surface area contributed by atoms with Crippen LogP contribution in [0.3, 0.4) is 0 Å². The molecule has 1 amide bonds. The van der Waals surface area contributed by atoms with E-state index >= 15 is 0 Å². The van der Waals surface area contributed by atoms with Crippen molar-refractivity contribution < 1.29 is 9.53 Å². The van der Waals surface area contributed by atoms with E-state index in [-0.39, 0.29) is 11.5 Å².